The van der Waals surface area contributed by atoms with E-state index in [4.69, 9.17) is 5.73 Å². The molecule has 0 aliphatic carbocycles. The SMILES string of the molecule is CCC(CC)N(C)C(CN)c1cccc(OC(F)(F)F)c1. The molecule has 0 saturated carbocycles. The summed E-state index contributed by atoms with van der Waals surface area (Å²) in [4.78, 5) is 2.12. The molecule has 0 fully saturated rings. The number of benzene rings is 1. The van der Waals surface area contributed by atoms with Crippen LogP contribution in [0.3, 0.4) is 0 Å². The van der Waals surface area contributed by atoms with Gasteiger partial charge in [0.05, 0.1) is 0 Å². The Bertz CT molecular complexity index is 433. The van der Waals surface area contributed by atoms with Crippen molar-refractivity contribution in [2.75, 3.05) is 13.6 Å². The summed E-state index contributed by atoms with van der Waals surface area (Å²) in [6.07, 6.45) is -2.76. The molecule has 1 atom stereocenters. The monoisotopic (exact) mass is 304 g/mol. The second kappa shape index (κ2) is 7.66. The Labute approximate surface area is 123 Å². The average molecular weight is 304 g/mol. The molecule has 0 amide bonds. The normalized spacial score (nSPS) is 13.8. The van der Waals surface area contributed by atoms with Crippen molar-refractivity contribution in [3.63, 3.8) is 0 Å². The molecule has 0 spiro atoms. The molecule has 0 bridgehead atoms. The van der Waals surface area contributed by atoms with E-state index in [0.717, 1.165) is 18.4 Å². The van der Waals surface area contributed by atoms with Crippen molar-refractivity contribution >= 4 is 0 Å². The summed E-state index contributed by atoms with van der Waals surface area (Å²) in [5, 5.41) is 0. The van der Waals surface area contributed by atoms with Crippen LogP contribution in [0.25, 0.3) is 0 Å². The summed E-state index contributed by atoms with van der Waals surface area (Å²) in [5.41, 5.74) is 6.56. The van der Waals surface area contributed by atoms with Gasteiger partial charge in [-0.25, -0.2) is 0 Å². The lowest BCUT2D eigenvalue weighted by Gasteiger charge is -2.34. The highest BCUT2D eigenvalue weighted by molar-refractivity contribution is 5.31. The van der Waals surface area contributed by atoms with Crippen molar-refractivity contribution < 1.29 is 17.9 Å². The number of nitrogens with zero attached hydrogens (tertiary/aromatic N) is 1. The van der Waals surface area contributed by atoms with Crippen LogP contribution in [0.2, 0.25) is 0 Å². The smallest absolute Gasteiger partial charge is 0.406 e. The van der Waals surface area contributed by atoms with Crippen molar-refractivity contribution in [1.29, 1.82) is 0 Å². The van der Waals surface area contributed by atoms with E-state index in [1.54, 1.807) is 12.1 Å². The standard InChI is InChI=1S/C15H23F3N2O/c1-4-12(5-2)20(3)14(10-19)11-7-6-8-13(9-11)21-15(16,17)18/h6-9,12,14H,4-5,10,19H2,1-3H3. The van der Waals surface area contributed by atoms with Gasteiger partial charge in [0.2, 0.25) is 0 Å². The minimum absolute atomic E-state index is 0.133. The number of nitrogens with two attached hydrogens (primary N) is 1. The van der Waals surface area contributed by atoms with E-state index in [1.807, 2.05) is 7.05 Å². The van der Waals surface area contributed by atoms with Gasteiger partial charge in [0, 0.05) is 18.6 Å². The maximum Gasteiger partial charge on any atom is 0.573 e. The molecule has 3 nitrogen and oxygen atoms in total. The Morgan fingerprint density at radius 2 is 1.86 bits per heavy atom. The summed E-state index contributed by atoms with van der Waals surface area (Å²) >= 11 is 0. The first-order valence-electron chi connectivity index (χ1n) is 7.10. The number of hydrogen-bond donors (Lipinski definition) is 1. The highest BCUT2D eigenvalue weighted by Crippen LogP contribution is 2.28. The van der Waals surface area contributed by atoms with Gasteiger partial charge in [-0.05, 0) is 37.6 Å². The molecule has 1 aromatic rings. The lowest BCUT2D eigenvalue weighted by atomic mass is 10.0. The van der Waals surface area contributed by atoms with Gasteiger partial charge in [-0.3, -0.25) is 4.90 Å². The summed E-state index contributed by atoms with van der Waals surface area (Å²) in [6, 6.07) is 6.24. The first kappa shape index (κ1) is 17.8. The predicted molar refractivity (Wildman–Crippen MR) is 77.1 cm³/mol. The Balaban J connectivity index is 2.98. The molecule has 0 heterocycles. The van der Waals surface area contributed by atoms with E-state index < -0.39 is 6.36 Å². The number of likely N-dealkylation sites (N-methyl/N-ethyl adjacent to an activating group) is 1. The van der Waals surface area contributed by atoms with Gasteiger partial charge in [0.25, 0.3) is 0 Å². The van der Waals surface area contributed by atoms with Gasteiger partial charge in [0.15, 0.2) is 0 Å². The number of rotatable bonds is 7. The molecule has 1 unspecified atom stereocenters. The fourth-order valence-electron chi connectivity index (χ4n) is 2.58. The molecule has 120 valence electrons. The van der Waals surface area contributed by atoms with Crippen LogP contribution >= 0.6 is 0 Å². The third-order valence-electron chi connectivity index (χ3n) is 3.71. The molecular weight excluding hydrogens is 281 g/mol. The van der Waals surface area contributed by atoms with Crippen molar-refractivity contribution in [3.8, 4) is 5.75 Å². The van der Waals surface area contributed by atoms with Crippen LogP contribution in [0.15, 0.2) is 24.3 Å². The average Bonchev–Trinajstić information content (AvgIpc) is 2.39. The molecule has 0 radical (unpaired) electrons. The van der Waals surface area contributed by atoms with Crippen LogP contribution in [0.4, 0.5) is 13.2 Å². The summed E-state index contributed by atoms with van der Waals surface area (Å²) in [7, 11) is 1.95. The Hall–Kier alpha value is -1.27. The number of hydrogen-bond acceptors (Lipinski definition) is 3. The highest BCUT2D eigenvalue weighted by atomic mass is 19.4. The predicted octanol–water partition coefficient (Wildman–Crippen LogP) is 3.71. The van der Waals surface area contributed by atoms with E-state index in [9.17, 15) is 13.2 Å². The minimum atomic E-state index is -4.68. The Morgan fingerprint density at radius 1 is 1.24 bits per heavy atom. The van der Waals surface area contributed by atoms with E-state index in [1.165, 1.54) is 12.1 Å². The van der Waals surface area contributed by atoms with Crippen LogP contribution in [0, 0.1) is 0 Å². The van der Waals surface area contributed by atoms with E-state index in [-0.39, 0.29) is 11.8 Å². The lowest BCUT2D eigenvalue weighted by Crippen LogP contribution is -2.38. The Morgan fingerprint density at radius 3 is 2.33 bits per heavy atom. The van der Waals surface area contributed by atoms with Crippen LogP contribution in [0.1, 0.15) is 38.3 Å². The zero-order valence-electron chi connectivity index (χ0n) is 12.7. The van der Waals surface area contributed by atoms with E-state index in [0.29, 0.717) is 12.6 Å². The van der Waals surface area contributed by atoms with Crippen LogP contribution in [-0.4, -0.2) is 30.9 Å². The molecule has 0 aromatic heterocycles. The fourth-order valence-corrected chi connectivity index (χ4v) is 2.58. The zero-order chi connectivity index (χ0) is 16.0. The maximum absolute atomic E-state index is 12.3. The second-order valence-electron chi connectivity index (χ2n) is 5.01. The van der Waals surface area contributed by atoms with Crippen molar-refractivity contribution in [3.05, 3.63) is 29.8 Å². The second-order valence-corrected chi connectivity index (χ2v) is 5.01. The topological polar surface area (TPSA) is 38.5 Å². The van der Waals surface area contributed by atoms with Crippen LogP contribution in [0.5, 0.6) is 5.75 Å². The van der Waals surface area contributed by atoms with Gasteiger partial charge in [0.1, 0.15) is 5.75 Å². The summed E-state index contributed by atoms with van der Waals surface area (Å²) in [6.45, 7) is 4.51. The van der Waals surface area contributed by atoms with Gasteiger partial charge >= 0.3 is 6.36 Å². The third kappa shape index (κ3) is 5.21. The van der Waals surface area contributed by atoms with Crippen LogP contribution < -0.4 is 10.5 Å². The number of ether oxygens (including phenoxy) is 1. The molecule has 0 aliphatic rings. The lowest BCUT2D eigenvalue weighted by molar-refractivity contribution is -0.274. The zero-order valence-corrected chi connectivity index (χ0v) is 12.7. The Kier molecular flexibility index (Phi) is 6.48. The summed E-state index contributed by atoms with van der Waals surface area (Å²) < 4.78 is 40.9. The van der Waals surface area contributed by atoms with E-state index >= 15 is 0 Å². The first-order valence-corrected chi connectivity index (χ1v) is 7.10. The maximum atomic E-state index is 12.3. The number of alkyl halides is 3. The van der Waals surface area contributed by atoms with Gasteiger partial charge in [-0.15, -0.1) is 13.2 Å². The van der Waals surface area contributed by atoms with Crippen LogP contribution in [-0.2, 0) is 0 Å². The molecule has 1 rings (SSSR count). The summed E-state index contributed by atoms with van der Waals surface area (Å²) in [5.74, 6) is -0.212. The molecule has 0 saturated heterocycles. The van der Waals surface area contributed by atoms with Crippen molar-refractivity contribution in [1.82, 2.24) is 4.90 Å². The minimum Gasteiger partial charge on any atom is -0.406 e. The third-order valence-corrected chi connectivity index (χ3v) is 3.71. The number of halogens is 3. The molecule has 2 N–H and O–H groups in total. The fraction of sp³-hybridized carbons (Fsp3) is 0.600. The van der Waals surface area contributed by atoms with Gasteiger partial charge < -0.3 is 10.5 Å². The molecule has 6 heteroatoms. The molecular formula is C15H23F3N2O. The highest BCUT2D eigenvalue weighted by Gasteiger charge is 2.31. The largest absolute Gasteiger partial charge is 0.573 e. The van der Waals surface area contributed by atoms with Crippen molar-refractivity contribution in [2.24, 2.45) is 5.73 Å². The van der Waals surface area contributed by atoms with Gasteiger partial charge in [-0.1, -0.05) is 26.0 Å². The first-order chi connectivity index (χ1) is 9.82. The molecule has 21 heavy (non-hydrogen) atoms. The molecule has 0 aliphatic heterocycles. The van der Waals surface area contributed by atoms with E-state index in [2.05, 4.69) is 23.5 Å². The van der Waals surface area contributed by atoms with Gasteiger partial charge in [-0.2, -0.15) is 0 Å². The molecule has 1 aromatic carbocycles. The van der Waals surface area contributed by atoms with Crippen molar-refractivity contribution in [2.45, 2.75) is 45.1 Å². The quantitative estimate of drug-likeness (QED) is 0.834.